The molecule has 0 aromatic heterocycles. The molecular weight excluding hydrogens is 456 g/mol. The number of hydrogen-bond acceptors (Lipinski definition) is 8. The molecule has 0 unspecified atom stereocenters. The molecule has 0 aliphatic carbocycles. The lowest BCUT2D eigenvalue weighted by Gasteiger charge is -2.26. The van der Waals surface area contributed by atoms with Crippen molar-refractivity contribution in [2.45, 2.75) is 78.3 Å². The second kappa shape index (κ2) is 16.9. The maximum absolute atomic E-state index is 13.0. The van der Waals surface area contributed by atoms with Crippen molar-refractivity contribution >= 4 is 29.7 Å². The minimum absolute atomic E-state index is 0.0594. The molecule has 0 bridgehead atoms. The highest BCUT2D eigenvalue weighted by Gasteiger charge is 2.29. The van der Waals surface area contributed by atoms with Gasteiger partial charge in [0, 0.05) is 6.92 Å². The summed E-state index contributed by atoms with van der Waals surface area (Å²) in [5.41, 5.74) is 0. The molecule has 0 radical (unpaired) electrons. The van der Waals surface area contributed by atoms with E-state index in [0.717, 1.165) is 38.8 Å². The van der Waals surface area contributed by atoms with Crippen molar-refractivity contribution < 1.29 is 33.4 Å². The Morgan fingerprint density at radius 2 is 1.63 bits per heavy atom. The van der Waals surface area contributed by atoms with Gasteiger partial charge in [0.2, 0.25) is 17.7 Å². The van der Waals surface area contributed by atoms with Gasteiger partial charge < -0.3 is 25.4 Å². The van der Waals surface area contributed by atoms with Gasteiger partial charge in [0.1, 0.15) is 12.6 Å². The van der Waals surface area contributed by atoms with E-state index in [9.17, 15) is 24.0 Å². The zero-order chi connectivity index (χ0) is 26.2. The first-order valence-corrected chi connectivity index (χ1v) is 12.5. The number of carbonyl (C=O) groups excluding carboxylic acids is 5. The van der Waals surface area contributed by atoms with Gasteiger partial charge in [0.05, 0.1) is 19.7 Å². The molecule has 1 aliphatic heterocycles. The first-order chi connectivity index (χ1) is 16.6. The molecule has 200 valence electrons. The number of nitrogens with zero attached hydrogens (tertiary/aromatic N) is 1. The van der Waals surface area contributed by atoms with E-state index >= 15 is 0 Å². The summed E-state index contributed by atoms with van der Waals surface area (Å²) >= 11 is 0. The largest absolute Gasteiger partial charge is 0.464 e. The van der Waals surface area contributed by atoms with Crippen LogP contribution in [0.4, 0.5) is 0 Å². The summed E-state index contributed by atoms with van der Waals surface area (Å²) in [7, 11) is 0. The van der Waals surface area contributed by atoms with Crippen molar-refractivity contribution in [3.05, 3.63) is 0 Å². The number of unbranched alkanes of at least 4 members (excludes halogenated alkanes) is 1. The Bertz CT molecular complexity index is 708. The van der Waals surface area contributed by atoms with Crippen LogP contribution < -0.4 is 16.0 Å². The van der Waals surface area contributed by atoms with E-state index in [1.165, 1.54) is 6.92 Å². The lowest BCUT2D eigenvalue weighted by molar-refractivity contribution is -0.154. The molecule has 0 spiro atoms. The number of likely N-dealkylation sites (tertiary alicyclic amines) is 1. The van der Waals surface area contributed by atoms with Crippen molar-refractivity contribution in [3.8, 4) is 0 Å². The number of carbonyl (C=O) groups is 5. The Morgan fingerprint density at radius 1 is 0.943 bits per heavy atom. The van der Waals surface area contributed by atoms with E-state index in [1.807, 2.05) is 25.7 Å². The van der Waals surface area contributed by atoms with Crippen LogP contribution in [-0.4, -0.2) is 86.0 Å². The maximum atomic E-state index is 13.0. The number of ether oxygens (including phenoxy) is 2. The van der Waals surface area contributed by atoms with Gasteiger partial charge in [-0.2, -0.15) is 0 Å². The topological polar surface area (TPSA) is 143 Å². The van der Waals surface area contributed by atoms with E-state index in [4.69, 9.17) is 9.47 Å². The molecule has 1 aliphatic rings. The smallest absolute Gasteiger partial charge is 0.332 e. The Morgan fingerprint density at radius 3 is 2.23 bits per heavy atom. The van der Waals surface area contributed by atoms with Crippen molar-refractivity contribution in [2.75, 3.05) is 39.4 Å². The monoisotopic (exact) mass is 498 g/mol. The lowest BCUT2D eigenvalue weighted by Crippen LogP contribution is -2.55. The fourth-order valence-corrected chi connectivity index (χ4v) is 3.53. The van der Waals surface area contributed by atoms with Crippen LogP contribution in [0.15, 0.2) is 0 Å². The number of amides is 3. The molecule has 35 heavy (non-hydrogen) atoms. The molecule has 1 saturated heterocycles. The summed E-state index contributed by atoms with van der Waals surface area (Å²) in [4.78, 5) is 63.2. The molecule has 3 amide bonds. The van der Waals surface area contributed by atoms with Crippen LogP contribution in [-0.2, 0) is 33.4 Å². The zero-order valence-electron chi connectivity index (χ0n) is 21.5. The molecule has 11 heteroatoms. The fraction of sp³-hybridized carbons (Fsp3) is 0.792. The number of rotatable bonds is 15. The molecule has 11 nitrogen and oxygen atoms in total. The molecule has 2 atom stereocenters. The third-order valence-electron chi connectivity index (χ3n) is 5.41. The molecular formula is C24H42N4O7. The summed E-state index contributed by atoms with van der Waals surface area (Å²) in [5, 5.41) is 7.54. The second-order valence-electron chi connectivity index (χ2n) is 9.26. The number of hydrogen-bond donors (Lipinski definition) is 3. The molecule has 1 rings (SSSR count). The minimum atomic E-state index is -1.20. The van der Waals surface area contributed by atoms with Crippen molar-refractivity contribution in [1.29, 1.82) is 0 Å². The van der Waals surface area contributed by atoms with Crippen LogP contribution in [0.5, 0.6) is 0 Å². The summed E-state index contributed by atoms with van der Waals surface area (Å²) in [5.74, 6) is -2.62. The fourth-order valence-electron chi connectivity index (χ4n) is 3.53. The van der Waals surface area contributed by atoms with Gasteiger partial charge >= 0.3 is 11.9 Å². The van der Waals surface area contributed by atoms with Crippen LogP contribution in [0, 0.1) is 5.92 Å². The molecule has 0 saturated carbocycles. The lowest BCUT2D eigenvalue weighted by atomic mass is 10.0. The SMILES string of the molecule is CCCCOC(=O)[C@H](COC(=O)CN1CCCCC1)NC(=O)[C@H](CC(C)C)NC(=O)CNC(C)=O. The molecule has 3 N–H and O–H groups in total. The van der Waals surface area contributed by atoms with Gasteiger partial charge in [-0.3, -0.25) is 24.1 Å². The Hall–Kier alpha value is -2.69. The van der Waals surface area contributed by atoms with Gasteiger partial charge in [0.15, 0.2) is 6.04 Å². The molecule has 0 aromatic carbocycles. The molecule has 1 fully saturated rings. The maximum Gasteiger partial charge on any atom is 0.332 e. The average Bonchev–Trinajstić information content (AvgIpc) is 2.80. The Labute approximate surface area is 208 Å². The van der Waals surface area contributed by atoms with E-state index < -0.39 is 35.8 Å². The minimum Gasteiger partial charge on any atom is -0.464 e. The predicted molar refractivity (Wildman–Crippen MR) is 129 cm³/mol. The highest BCUT2D eigenvalue weighted by Crippen LogP contribution is 2.09. The van der Waals surface area contributed by atoms with Crippen LogP contribution >= 0.6 is 0 Å². The summed E-state index contributed by atoms with van der Waals surface area (Å²) in [6.45, 7) is 8.34. The van der Waals surface area contributed by atoms with Gasteiger partial charge in [0.25, 0.3) is 0 Å². The normalized spacial score (nSPS) is 15.6. The third-order valence-corrected chi connectivity index (χ3v) is 5.41. The number of esters is 2. The molecule has 0 aromatic rings. The highest BCUT2D eigenvalue weighted by molar-refractivity contribution is 5.92. The van der Waals surface area contributed by atoms with E-state index in [-0.39, 0.29) is 38.1 Å². The van der Waals surface area contributed by atoms with Crippen LogP contribution in [0.1, 0.15) is 66.2 Å². The Kier molecular flexibility index (Phi) is 14.6. The third kappa shape index (κ3) is 13.7. The standard InChI is InChI=1S/C24H42N4O7/c1-5-6-12-34-24(33)20(16-35-22(31)15-28-10-8-7-9-11-28)27-23(32)19(13-17(2)3)26-21(30)14-25-18(4)29/h17,19-20H,5-16H2,1-4H3,(H,25,29)(H,26,30)(H,27,32)/t19-,20-/m0/s1. The predicted octanol–water partition coefficient (Wildman–Crippen LogP) is 0.511. The van der Waals surface area contributed by atoms with Crippen molar-refractivity contribution in [3.63, 3.8) is 0 Å². The number of nitrogens with one attached hydrogen (secondary N) is 3. The summed E-state index contributed by atoms with van der Waals surface area (Å²) in [6.07, 6.45) is 5.00. The van der Waals surface area contributed by atoms with E-state index in [0.29, 0.717) is 12.8 Å². The van der Waals surface area contributed by atoms with E-state index in [2.05, 4.69) is 16.0 Å². The quantitative estimate of drug-likeness (QED) is 0.219. The first-order valence-electron chi connectivity index (χ1n) is 12.5. The highest BCUT2D eigenvalue weighted by atomic mass is 16.6. The van der Waals surface area contributed by atoms with Gasteiger partial charge in [-0.1, -0.05) is 33.6 Å². The van der Waals surface area contributed by atoms with Crippen LogP contribution in [0.3, 0.4) is 0 Å². The van der Waals surface area contributed by atoms with Gasteiger partial charge in [-0.15, -0.1) is 0 Å². The van der Waals surface area contributed by atoms with Gasteiger partial charge in [-0.25, -0.2) is 4.79 Å². The number of piperidine rings is 1. The van der Waals surface area contributed by atoms with Crippen LogP contribution in [0.25, 0.3) is 0 Å². The molecule has 1 heterocycles. The summed E-state index contributed by atoms with van der Waals surface area (Å²) in [6, 6.07) is -2.14. The van der Waals surface area contributed by atoms with Crippen molar-refractivity contribution in [2.24, 2.45) is 5.92 Å². The first kappa shape index (κ1) is 30.3. The van der Waals surface area contributed by atoms with Crippen LogP contribution in [0.2, 0.25) is 0 Å². The zero-order valence-corrected chi connectivity index (χ0v) is 21.5. The Balaban J connectivity index is 2.78. The second-order valence-corrected chi connectivity index (χ2v) is 9.26. The summed E-state index contributed by atoms with van der Waals surface area (Å²) < 4.78 is 10.6. The van der Waals surface area contributed by atoms with E-state index in [1.54, 1.807) is 0 Å². The average molecular weight is 499 g/mol. The van der Waals surface area contributed by atoms with Gasteiger partial charge in [-0.05, 0) is 44.7 Å². The van der Waals surface area contributed by atoms with Crippen molar-refractivity contribution in [1.82, 2.24) is 20.9 Å².